The van der Waals surface area contributed by atoms with Crippen LogP contribution in [-0.2, 0) is 4.79 Å². The predicted molar refractivity (Wildman–Crippen MR) is 67.7 cm³/mol. The van der Waals surface area contributed by atoms with E-state index < -0.39 is 0 Å². The molecule has 3 heteroatoms. The van der Waals surface area contributed by atoms with Gasteiger partial charge in [-0.1, -0.05) is 0 Å². The van der Waals surface area contributed by atoms with Crippen molar-refractivity contribution in [3.05, 3.63) is 0 Å². The molecule has 96 valence electrons. The van der Waals surface area contributed by atoms with Crippen LogP contribution < -0.4 is 0 Å². The lowest BCUT2D eigenvalue weighted by Gasteiger charge is -2.37. The summed E-state index contributed by atoms with van der Waals surface area (Å²) in [5, 5.41) is 0. The van der Waals surface area contributed by atoms with E-state index in [0.717, 1.165) is 25.3 Å². The lowest BCUT2D eigenvalue weighted by atomic mass is 9.88. The topological polar surface area (TPSA) is 23.6 Å². The zero-order valence-electron chi connectivity index (χ0n) is 10.9. The van der Waals surface area contributed by atoms with E-state index in [9.17, 15) is 4.79 Å². The molecule has 0 radical (unpaired) electrons. The van der Waals surface area contributed by atoms with Gasteiger partial charge in [0.2, 0.25) is 5.91 Å². The van der Waals surface area contributed by atoms with Crippen molar-refractivity contribution in [1.29, 1.82) is 0 Å². The van der Waals surface area contributed by atoms with E-state index in [-0.39, 0.29) is 0 Å². The molecule has 1 aliphatic carbocycles. The first-order valence-electron chi connectivity index (χ1n) is 7.25. The van der Waals surface area contributed by atoms with Gasteiger partial charge in [-0.3, -0.25) is 4.79 Å². The summed E-state index contributed by atoms with van der Waals surface area (Å²) in [4.78, 5) is 16.9. The fourth-order valence-electron chi connectivity index (χ4n) is 3.53. The molecule has 0 aromatic rings. The summed E-state index contributed by atoms with van der Waals surface area (Å²) in [5.74, 6) is 1.66. The second-order valence-electron chi connectivity index (χ2n) is 6.16. The van der Waals surface area contributed by atoms with Crippen LogP contribution in [0.4, 0.5) is 0 Å². The molecule has 1 amide bonds. The third kappa shape index (κ3) is 2.35. The largest absolute Gasteiger partial charge is 0.339 e. The van der Waals surface area contributed by atoms with E-state index >= 15 is 0 Å². The summed E-state index contributed by atoms with van der Waals surface area (Å²) in [6, 6.07) is 0.580. The maximum atomic E-state index is 12.2. The Bertz CT molecular complexity index is 293. The number of amides is 1. The third-order valence-corrected chi connectivity index (χ3v) is 4.82. The van der Waals surface area contributed by atoms with Crippen LogP contribution in [0.3, 0.4) is 0 Å². The fraction of sp³-hybridized carbons (Fsp3) is 0.929. The van der Waals surface area contributed by atoms with Crippen LogP contribution in [0.2, 0.25) is 0 Å². The molecule has 2 saturated heterocycles. The fourth-order valence-corrected chi connectivity index (χ4v) is 3.53. The summed E-state index contributed by atoms with van der Waals surface area (Å²) in [7, 11) is 2.21. The molecule has 2 heterocycles. The molecule has 2 aliphatic heterocycles. The van der Waals surface area contributed by atoms with Crippen molar-refractivity contribution >= 4 is 5.91 Å². The standard InChI is InChI=1S/C14H24N2O/c1-15-9-6-11(7-10-15)13-3-2-8-16(13)14(17)12-4-5-12/h11-13H,2-10H2,1H3. The summed E-state index contributed by atoms with van der Waals surface area (Å²) in [5.41, 5.74) is 0. The van der Waals surface area contributed by atoms with Gasteiger partial charge in [0.05, 0.1) is 0 Å². The van der Waals surface area contributed by atoms with Gasteiger partial charge in [0.1, 0.15) is 0 Å². The monoisotopic (exact) mass is 236 g/mol. The Morgan fingerprint density at radius 1 is 1.00 bits per heavy atom. The Balaban J connectivity index is 1.62. The minimum atomic E-state index is 0.405. The van der Waals surface area contributed by atoms with Crippen molar-refractivity contribution in [2.45, 2.75) is 44.6 Å². The highest BCUT2D eigenvalue weighted by Crippen LogP contribution is 2.37. The molecule has 1 saturated carbocycles. The van der Waals surface area contributed by atoms with Gasteiger partial charge in [0, 0.05) is 18.5 Å². The van der Waals surface area contributed by atoms with Crippen LogP contribution in [0.15, 0.2) is 0 Å². The number of hydrogen-bond acceptors (Lipinski definition) is 2. The van der Waals surface area contributed by atoms with Gasteiger partial charge in [-0.15, -0.1) is 0 Å². The summed E-state index contributed by atoms with van der Waals surface area (Å²) < 4.78 is 0. The summed E-state index contributed by atoms with van der Waals surface area (Å²) in [6.45, 7) is 3.46. The Kier molecular flexibility index (Phi) is 3.12. The van der Waals surface area contributed by atoms with Crippen molar-refractivity contribution < 1.29 is 4.79 Å². The first-order valence-corrected chi connectivity index (χ1v) is 7.25. The smallest absolute Gasteiger partial charge is 0.225 e. The third-order valence-electron chi connectivity index (χ3n) is 4.82. The number of rotatable bonds is 2. The van der Waals surface area contributed by atoms with Crippen molar-refractivity contribution in [3.63, 3.8) is 0 Å². The van der Waals surface area contributed by atoms with Crippen LogP contribution in [0.25, 0.3) is 0 Å². The van der Waals surface area contributed by atoms with Crippen LogP contribution in [0.1, 0.15) is 38.5 Å². The molecule has 3 nitrogen and oxygen atoms in total. The Labute approximate surface area is 104 Å². The Morgan fingerprint density at radius 2 is 1.71 bits per heavy atom. The number of likely N-dealkylation sites (tertiary alicyclic amines) is 2. The molecular formula is C14H24N2O. The first kappa shape index (κ1) is 11.5. The highest BCUT2D eigenvalue weighted by Gasteiger charge is 2.41. The summed E-state index contributed by atoms with van der Waals surface area (Å²) in [6.07, 6.45) is 7.36. The second-order valence-corrected chi connectivity index (χ2v) is 6.16. The predicted octanol–water partition coefficient (Wildman–Crippen LogP) is 1.73. The van der Waals surface area contributed by atoms with Gasteiger partial charge in [-0.2, -0.15) is 0 Å². The molecule has 0 N–H and O–H groups in total. The number of hydrogen-bond donors (Lipinski definition) is 0. The molecule has 3 aliphatic rings. The van der Waals surface area contributed by atoms with Gasteiger partial charge < -0.3 is 9.80 Å². The maximum Gasteiger partial charge on any atom is 0.225 e. The summed E-state index contributed by atoms with van der Waals surface area (Å²) >= 11 is 0. The zero-order valence-corrected chi connectivity index (χ0v) is 10.9. The molecule has 3 rings (SSSR count). The number of carbonyl (C=O) groups is 1. The molecule has 17 heavy (non-hydrogen) atoms. The van der Waals surface area contributed by atoms with E-state index in [0.29, 0.717) is 17.9 Å². The van der Waals surface area contributed by atoms with Crippen molar-refractivity contribution in [3.8, 4) is 0 Å². The van der Waals surface area contributed by atoms with E-state index in [2.05, 4.69) is 16.8 Å². The van der Waals surface area contributed by atoms with E-state index in [4.69, 9.17) is 0 Å². The highest BCUT2D eigenvalue weighted by atomic mass is 16.2. The molecule has 1 atom stereocenters. The molecule has 1 unspecified atom stereocenters. The normalized spacial score (nSPS) is 32.1. The maximum absolute atomic E-state index is 12.2. The van der Waals surface area contributed by atoms with Crippen LogP contribution in [0.5, 0.6) is 0 Å². The second kappa shape index (κ2) is 4.60. The van der Waals surface area contributed by atoms with Gasteiger partial charge in [0.15, 0.2) is 0 Å². The molecule has 0 spiro atoms. The minimum Gasteiger partial charge on any atom is -0.339 e. The number of carbonyl (C=O) groups excluding carboxylic acids is 1. The van der Waals surface area contributed by atoms with Crippen LogP contribution in [-0.4, -0.2) is 48.4 Å². The SMILES string of the molecule is CN1CCC(C2CCCN2C(=O)C2CC2)CC1. The molecule has 0 aromatic heterocycles. The van der Waals surface area contributed by atoms with Crippen LogP contribution in [0, 0.1) is 11.8 Å². The van der Waals surface area contributed by atoms with E-state index in [1.165, 1.54) is 38.8 Å². The quantitative estimate of drug-likeness (QED) is 0.729. The lowest BCUT2D eigenvalue weighted by molar-refractivity contribution is -0.134. The van der Waals surface area contributed by atoms with Gasteiger partial charge in [-0.25, -0.2) is 0 Å². The minimum absolute atomic E-state index is 0.405. The molecule has 0 aromatic carbocycles. The van der Waals surface area contributed by atoms with Crippen molar-refractivity contribution in [2.24, 2.45) is 11.8 Å². The van der Waals surface area contributed by atoms with Gasteiger partial charge in [0.25, 0.3) is 0 Å². The highest BCUT2D eigenvalue weighted by molar-refractivity contribution is 5.81. The average molecular weight is 236 g/mol. The van der Waals surface area contributed by atoms with Crippen molar-refractivity contribution in [1.82, 2.24) is 9.80 Å². The lowest BCUT2D eigenvalue weighted by Crippen LogP contribution is -2.44. The van der Waals surface area contributed by atoms with Gasteiger partial charge >= 0.3 is 0 Å². The Hall–Kier alpha value is -0.570. The van der Waals surface area contributed by atoms with E-state index in [1.807, 2.05) is 0 Å². The zero-order chi connectivity index (χ0) is 11.8. The van der Waals surface area contributed by atoms with Gasteiger partial charge in [-0.05, 0) is 64.6 Å². The average Bonchev–Trinajstić information content (AvgIpc) is 3.07. The molecule has 3 fully saturated rings. The Morgan fingerprint density at radius 3 is 2.35 bits per heavy atom. The number of piperidine rings is 1. The number of nitrogens with zero attached hydrogens (tertiary/aromatic N) is 2. The molecule has 0 bridgehead atoms. The van der Waals surface area contributed by atoms with Crippen molar-refractivity contribution in [2.75, 3.05) is 26.7 Å². The molecular weight excluding hydrogens is 212 g/mol. The first-order chi connectivity index (χ1) is 8.25. The van der Waals surface area contributed by atoms with E-state index in [1.54, 1.807) is 0 Å². The van der Waals surface area contributed by atoms with Crippen LogP contribution >= 0.6 is 0 Å².